The zero-order valence-electron chi connectivity index (χ0n) is 6.80. The molecule has 3 unspecified atom stereocenters. The van der Waals surface area contributed by atoms with E-state index in [2.05, 4.69) is 0 Å². The van der Waals surface area contributed by atoms with E-state index in [9.17, 15) is 8.78 Å². The molecule has 12 heavy (non-hydrogen) atoms. The Bertz CT molecular complexity index is 174. The summed E-state index contributed by atoms with van der Waals surface area (Å²) >= 11 is 0. The summed E-state index contributed by atoms with van der Waals surface area (Å²) in [6.45, 7) is 0.594. The Morgan fingerprint density at radius 3 is 2.33 bits per heavy atom. The van der Waals surface area contributed by atoms with Crippen LogP contribution in [0.15, 0.2) is 0 Å². The Morgan fingerprint density at radius 2 is 2.00 bits per heavy atom. The Morgan fingerprint density at radius 1 is 1.33 bits per heavy atom. The van der Waals surface area contributed by atoms with Crippen molar-refractivity contribution in [3.8, 4) is 0 Å². The minimum atomic E-state index is -2.36. The Kier molecular flexibility index (Phi) is 2.64. The first-order valence-electron chi connectivity index (χ1n) is 4.21. The number of fused-ring (bicyclic) bond motifs is 2. The van der Waals surface area contributed by atoms with Gasteiger partial charge in [-0.25, -0.2) is 8.78 Å². The molecule has 0 spiro atoms. The maximum Gasteiger partial charge on any atom is 0.251 e. The third-order valence-corrected chi connectivity index (χ3v) is 3.28. The number of nitrogens with two attached hydrogens (primary N) is 1. The number of hydrogen-bond donors (Lipinski definition) is 1. The molecule has 2 N–H and O–H groups in total. The number of halogens is 3. The minimum absolute atomic E-state index is 0. The highest BCUT2D eigenvalue weighted by Gasteiger charge is 2.55. The maximum absolute atomic E-state index is 12.9. The summed E-state index contributed by atoms with van der Waals surface area (Å²) in [5.74, 6) is -2.10. The average molecular weight is 198 g/mol. The summed E-state index contributed by atoms with van der Waals surface area (Å²) in [5.41, 5.74) is 5.46. The molecule has 1 nitrogen and oxygen atoms in total. The second-order valence-electron chi connectivity index (χ2n) is 3.89. The number of rotatable bonds is 1. The van der Waals surface area contributed by atoms with Crippen LogP contribution in [0.25, 0.3) is 0 Å². The lowest BCUT2D eigenvalue weighted by Gasteiger charge is -2.26. The van der Waals surface area contributed by atoms with E-state index in [0.717, 1.165) is 6.42 Å². The van der Waals surface area contributed by atoms with Crippen molar-refractivity contribution in [1.82, 2.24) is 0 Å². The zero-order chi connectivity index (χ0) is 8.06. The van der Waals surface area contributed by atoms with Crippen LogP contribution >= 0.6 is 12.4 Å². The van der Waals surface area contributed by atoms with E-state index in [-0.39, 0.29) is 30.7 Å². The van der Waals surface area contributed by atoms with E-state index in [1.165, 1.54) is 0 Å². The minimum Gasteiger partial charge on any atom is -0.330 e. The Balaban J connectivity index is 0.000000720. The molecule has 0 aliphatic heterocycles. The van der Waals surface area contributed by atoms with Crippen LogP contribution < -0.4 is 5.73 Å². The van der Waals surface area contributed by atoms with Gasteiger partial charge >= 0.3 is 0 Å². The van der Waals surface area contributed by atoms with E-state index in [1.807, 2.05) is 0 Å². The van der Waals surface area contributed by atoms with Gasteiger partial charge in [-0.3, -0.25) is 0 Å². The molecule has 2 aliphatic carbocycles. The summed E-state index contributed by atoms with van der Waals surface area (Å²) in [4.78, 5) is 0. The molecule has 0 heterocycles. The van der Waals surface area contributed by atoms with Crippen LogP contribution in [0.1, 0.15) is 19.3 Å². The fourth-order valence-corrected chi connectivity index (χ4v) is 2.61. The lowest BCUT2D eigenvalue weighted by Crippen LogP contribution is -2.31. The predicted molar refractivity (Wildman–Crippen MR) is 45.6 cm³/mol. The first kappa shape index (κ1) is 10.2. The summed E-state index contributed by atoms with van der Waals surface area (Å²) in [6, 6.07) is 0. The molecule has 3 atom stereocenters. The molecular weight excluding hydrogens is 184 g/mol. The molecule has 4 heteroatoms. The molecule has 0 aromatic carbocycles. The zero-order valence-corrected chi connectivity index (χ0v) is 7.62. The fourth-order valence-electron chi connectivity index (χ4n) is 2.61. The molecule has 0 saturated heterocycles. The van der Waals surface area contributed by atoms with Gasteiger partial charge in [-0.1, -0.05) is 0 Å². The van der Waals surface area contributed by atoms with Crippen LogP contribution in [0.2, 0.25) is 0 Å². The largest absolute Gasteiger partial charge is 0.330 e. The van der Waals surface area contributed by atoms with Crippen molar-refractivity contribution in [1.29, 1.82) is 0 Å². The van der Waals surface area contributed by atoms with Gasteiger partial charge < -0.3 is 5.73 Å². The molecule has 2 saturated carbocycles. The smallest absolute Gasteiger partial charge is 0.251 e. The first-order chi connectivity index (χ1) is 5.13. The van der Waals surface area contributed by atoms with Crippen LogP contribution in [-0.4, -0.2) is 12.5 Å². The molecule has 72 valence electrons. The molecule has 2 aliphatic rings. The summed E-state index contributed by atoms with van der Waals surface area (Å²) < 4.78 is 25.8. The van der Waals surface area contributed by atoms with Gasteiger partial charge in [0.1, 0.15) is 0 Å². The highest BCUT2D eigenvalue weighted by molar-refractivity contribution is 5.85. The highest BCUT2D eigenvalue weighted by atomic mass is 35.5. The standard InChI is InChI=1S/C8H13F2N.ClH/c9-8(10)3-5-1-7(8)2-6(5)4-11;/h5-7H,1-4,11H2;1H. The van der Waals surface area contributed by atoms with Gasteiger partial charge in [0.05, 0.1) is 0 Å². The molecule has 2 fully saturated rings. The molecule has 0 radical (unpaired) electrons. The van der Waals surface area contributed by atoms with Crippen molar-refractivity contribution in [3.63, 3.8) is 0 Å². The van der Waals surface area contributed by atoms with Crippen molar-refractivity contribution < 1.29 is 8.78 Å². The topological polar surface area (TPSA) is 26.0 Å². The van der Waals surface area contributed by atoms with Crippen LogP contribution in [0.4, 0.5) is 8.78 Å². The van der Waals surface area contributed by atoms with Crippen molar-refractivity contribution in [3.05, 3.63) is 0 Å². The van der Waals surface area contributed by atoms with Gasteiger partial charge in [-0.15, -0.1) is 12.4 Å². The average Bonchev–Trinajstić information content (AvgIpc) is 2.41. The lowest BCUT2D eigenvalue weighted by atomic mass is 9.87. The van der Waals surface area contributed by atoms with Crippen molar-refractivity contribution in [2.75, 3.05) is 6.54 Å². The summed E-state index contributed by atoms with van der Waals surface area (Å²) in [6.07, 6.45) is 1.47. The SMILES string of the molecule is Cl.NCC1CC2CC1CC2(F)F. The Hall–Kier alpha value is 0.110. The molecule has 0 aromatic heterocycles. The molecule has 2 rings (SSSR count). The van der Waals surface area contributed by atoms with Crippen LogP contribution in [0.5, 0.6) is 0 Å². The van der Waals surface area contributed by atoms with Crippen LogP contribution in [0, 0.1) is 17.8 Å². The third kappa shape index (κ3) is 1.33. The van der Waals surface area contributed by atoms with E-state index in [1.54, 1.807) is 0 Å². The molecule has 2 bridgehead atoms. The van der Waals surface area contributed by atoms with Crippen LogP contribution in [0.3, 0.4) is 0 Å². The second kappa shape index (κ2) is 3.11. The molecular formula is C8H14ClF2N. The van der Waals surface area contributed by atoms with Gasteiger partial charge in [0.15, 0.2) is 0 Å². The maximum atomic E-state index is 12.9. The number of alkyl halides is 2. The first-order valence-corrected chi connectivity index (χ1v) is 4.21. The number of hydrogen-bond acceptors (Lipinski definition) is 1. The lowest BCUT2D eigenvalue weighted by molar-refractivity contribution is -0.0601. The normalized spacial score (nSPS) is 42.8. The van der Waals surface area contributed by atoms with E-state index in [0.29, 0.717) is 18.9 Å². The fraction of sp³-hybridized carbons (Fsp3) is 1.00. The van der Waals surface area contributed by atoms with Gasteiger partial charge in [0, 0.05) is 12.3 Å². The van der Waals surface area contributed by atoms with Crippen molar-refractivity contribution in [2.24, 2.45) is 23.5 Å². The predicted octanol–water partition coefficient (Wildman–Crippen LogP) is 2.05. The van der Waals surface area contributed by atoms with E-state index in [4.69, 9.17) is 5.73 Å². The van der Waals surface area contributed by atoms with Crippen LogP contribution in [-0.2, 0) is 0 Å². The summed E-state index contributed by atoms with van der Waals surface area (Å²) in [5, 5.41) is 0. The Labute approximate surface area is 77.1 Å². The second-order valence-corrected chi connectivity index (χ2v) is 3.89. The molecule has 0 amide bonds. The highest BCUT2D eigenvalue weighted by Crippen LogP contribution is 2.55. The van der Waals surface area contributed by atoms with Gasteiger partial charge in [0.25, 0.3) is 5.92 Å². The molecule has 0 aromatic rings. The van der Waals surface area contributed by atoms with Crippen molar-refractivity contribution >= 4 is 12.4 Å². The van der Waals surface area contributed by atoms with E-state index < -0.39 is 5.92 Å². The van der Waals surface area contributed by atoms with Crippen molar-refractivity contribution in [2.45, 2.75) is 25.2 Å². The third-order valence-electron chi connectivity index (χ3n) is 3.28. The van der Waals surface area contributed by atoms with E-state index >= 15 is 0 Å². The quantitative estimate of drug-likeness (QED) is 0.684. The van der Waals surface area contributed by atoms with Gasteiger partial charge in [-0.05, 0) is 31.2 Å². The monoisotopic (exact) mass is 197 g/mol. The van der Waals surface area contributed by atoms with Gasteiger partial charge in [-0.2, -0.15) is 0 Å². The van der Waals surface area contributed by atoms with Gasteiger partial charge in [0.2, 0.25) is 0 Å². The summed E-state index contributed by atoms with van der Waals surface area (Å²) in [7, 11) is 0.